The number of piperidine rings is 1. The Kier molecular flexibility index (Phi) is 5.66. The Balaban J connectivity index is 1.92. The van der Waals surface area contributed by atoms with Crippen LogP contribution in [0, 0.1) is 17.8 Å². The monoisotopic (exact) mass is 305 g/mol. The van der Waals surface area contributed by atoms with Gasteiger partial charge in [-0.1, -0.05) is 18.8 Å². The number of nitrogens with zero attached hydrogens (tertiary/aromatic N) is 2. The van der Waals surface area contributed by atoms with E-state index in [2.05, 4.69) is 24.1 Å². The molecule has 1 aromatic rings. The van der Waals surface area contributed by atoms with Gasteiger partial charge >= 0.3 is 6.03 Å². The summed E-state index contributed by atoms with van der Waals surface area (Å²) in [5, 5.41) is 2.06. The number of rotatable bonds is 2. The van der Waals surface area contributed by atoms with Crippen molar-refractivity contribution in [3.63, 3.8) is 0 Å². The van der Waals surface area contributed by atoms with Crippen molar-refractivity contribution in [3.05, 3.63) is 21.9 Å². The van der Waals surface area contributed by atoms with Crippen LogP contribution in [0.5, 0.6) is 0 Å². The quantitative estimate of drug-likeness (QED) is 0.853. The van der Waals surface area contributed by atoms with Crippen molar-refractivity contribution in [3.8, 4) is 11.8 Å². The van der Waals surface area contributed by atoms with Crippen molar-refractivity contribution < 1.29 is 4.79 Å². The van der Waals surface area contributed by atoms with Crippen LogP contribution in [0.4, 0.5) is 4.79 Å². The Morgan fingerprint density at radius 1 is 1.62 bits per heavy atom. The predicted molar refractivity (Wildman–Crippen MR) is 87.1 cm³/mol. The molecule has 2 amide bonds. The fraction of sp³-hybridized carbons (Fsp3) is 0.562. The number of carbonyl (C=O) groups is 1. The molecular formula is C16H23N3OS. The normalized spacial score (nSPS) is 18.0. The van der Waals surface area contributed by atoms with Crippen LogP contribution in [0.2, 0.25) is 0 Å². The second kappa shape index (κ2) is 7.48. The molecule has 0 saturated carbocycles. The molecule has 114 valence electrons. The summed E-state index contributed by atoms with van der Waals surface area (Å²) in [6.07, 6.45) is 2.33. The van der Waals surface area contributed by atoms with Gasteiger partial charge in [0.25, 0.3) is 0 Å². The lowest BCUT2D eigenvalue weighted by Gasteiger charge is -2.34. The first-order valence-electron chi connectivity index (χ1n) is 7.36. The van der Waals surface area contributed by atoms with Gasteiger partial charge in [-0.15, -0.1) is 11.3 Å². The summed E-state index contributed by atoms with van der Waals surface area (Å²) in [5.41, 5.74) is 6.50. The average molecular weight is 305 g/mol. The lowest BCUT2D eigenvalue weighted by molar-refractivity contribution is 0.137. The van der Waals surface area contributed by atoms with Crippen LogP contribution >= 0.6 is 11.3 Å². The van der Waals surface area contributed by atoms with Gasteiger partial charge in [-0.3, -0.25) is 0 Å². The maximum absolute atomic E-state index is 12.4. The third kappa shape index (κ3) is 4.48. The Bertz CT molecular complexity index is 543. The third-order valence-corrected chi connectivity index (χ3v) is 4.54. The zero-order valence-corrected chi connectivity index (χ0v) is 13.6. The number of thiophene rings is 1. The lowest BCUT2D eigenvalue weighted by Crippen LogP contribution is -2.45. The van der Waals surface area contributed by atoms with Crippen molar-refractivity contribution in [1.29, 1.82) is 0 Å². The van der Waals surface area contributed by atoms with Crippen LogP contribution in [-0.2, 0) is 6.54 Å². The van der Waals surface area contributed by atoms with E-state index in [9.17, 15) is 4.79 Å². The number of nitrogens with two attached hydrogens (primary N) is 1. The highest BCUT2D eigenvalue weighted by molar-refractivity contribution is 7.10. The van der Waals surface area contributed by atoms with Gasteiger partial charge in [-0.25, -0.2) is 4.79 Å². The molecule has 1 aliphatic heterocycles. The second-order valence-electron chi connectivity index (χ2n) is 5.66. The summed E-state index contributed by atoms with van der Waals surface area (Å²) in [5.74, 6) is 6.48. The van der Waals surface area contributed by atoms with E-state index < -0.39 is 0 Å². The Hall–Kier alpha value is -1.51. The molecule has 1 aromatic heterocycles. The summed E-state index contributed by atoms with van der Waals surface area (Å²) in [6, 6.07) is 2.16. The summed E-state index contributed by atoms with van der Waals surface area (Å²) in [7, 11) is 1.87. The van der Waals surface area contributed by atoms with Crippen LogP contribution in [0.3, 0.4) is 0 Å². The number of likely N-dealkylation sites (tertiary alicyclic amines) is 1. The van der Waals surface area contributed by atoms with Crippen molar-refractivity contribution in [2.45, 2.75) is 26.3 Å². The van der Waals surface area contributed by atoms with Gasteiger partial charge in [0, 0.05) is 26.7 Å². The first-order valence-corrected chi connectivity index (χ1v) is 8.24. The van der Waals surface area contributed by atoms with Crippen LogP contribution in [0.15, 0.2) is 11.4 Å². The molecule has 21 heavy (non-hydrogen) atoms. The molecule has 0 aliphatic carbocycles. The van der Waals surface area contributed by atoms with Gasteiger partial charge < -0.3 is 15.5 Å². The molecule has 0 aromatic carbocycles. The van der Waals surface area contributed by atoms with Gasteiger partial charge in [0.05, 0.1) is 11.4 Å². The van der Waals surface area contributed by atoms with E-state index >= 15 is 0 Å². The highest BCUT2D eigenvalue weighted by Crippen LogP contribution is 2.19. The second-order valence-corrected chi connectivity index (χ2v) is 6.57. The molecule has 0 spiro atoms. The molecular weight excluding hydrogens is 282 g/mol. The molecule has 0 bridgehead atoms. The number of amides is 2. The van der Waals surface area contributed by atoms with E-state index in [1.165, 1.54) is 6.42 Å². The summed E-state index contributed by atoms with van der Waals surface area (Å²) in [6.45, 7) is 4.97. The molecule has 4 nitrogen and oxygen atoms in total. The molecule has 1 unspecified atom stereocenters. The molecule has 5 heteroatoms. The molecule has 2 N–H and O–H groups in total. The molecule has 1 fully saturated rings. The third-order valence-electron chi connectivity index (χ3n) is 3.64. The topological polar surface area (TPSA) is 49.6 Å². The van der Waals surface area contributed by atoms with Crippen molar-refractivity contribution in [2.75, 3.05) is 26.7 Å². The van der Waals surface area contributed by atoms with Crippen LogP contribution < -0.4 is 5.73 Å². The minimum atomic E-state index is 0.127. The first-order chi connectivity index (χ1) is 10.1. The van der Waals surface area contributed by atoms with E-state index in [-0.39, 0.29) is 6.03 Å². The average Bonchev–Trinajstić information content (AvgIpc) is 2.91. The summed E-state index contributed by atoms with van der Waals surface area (Å²) in [4.78, 5) is 17.2. The van der Waals surface area contributed by atoms with Crippen LogP contribution in [0.1, 0.15) is 30.2 Å². The number of hydrogen-bond donors (Lipinski definition) is 1. The minimum absolute atomic E-state index is 0.127. The van der Waals surface area contributed by atoms with E-state index in [1.807, 2.05) is 18.0 Å². The van der Waals surface area contributed by atoms with Crippen molar-refractivity contribution >= 4 is 17.4 Å². The van der Waals surface area contributed by atoms with Gasteiger partial charge in [0.15, 0.2) is 0 Å². The standard InChI is InChI=1S/C16H23N3OS/c1-13-5-4-8-19(10-13)16(20)18(2)11-14-9-15(21-12-14)6-3-7-17/h9,12-13H,4-5,7-8,10-11,17H2,1-2H3. The highest BCUT2D eigenvalue weighted by atomic mass is 32.1. The van der Waals surface area contributed by atoms with Crippen LogP contribution in [0.25, 0.3) is 0 Å². The number of urea groups is 1. The van der Waals surface area contributed by atoms with Gasteiger partial charge in [-0.2, -0.15) is 0 Å². The van der Waals surface area contributed by atoms with E-state index in [4.69, 9.17) is 5.73 Å². The fourth-order valence-electron chi connectivity index (χ4n) is 2.61. The van der Waals surface area contributed by atoms with Crippen molar-refractivity contribution in [1.82, 2.24) is 9.80 Å². The number of hydrogen-bond acceptors (Lipinski definition) is 3. The number of carbonyl (C=O) groups excluding carboxylic acids is 1. The Morgan fingerprint density at radius 3 is 3.14 bits per heavy atom. The molecule has 1 saturated heterocycles. The Morgan fingerprint density at radius 2 is 2.43 bits per heavy atom. The molecule has 2 rings (SSSR count). The van der Waals surface area contributed by atoms with E-state index in [0.717, 1.165) is 30.0 Å². The van der Waals surface area contributed by atoms with Crippen molar-refractivity contribution in [2.24, 2.45) is 11.7 Å². The molecule has 0 radical (unpaired) electrons. The molecule has 1 atom stereocenters. The maximum atomic E-state index is 12.4. The predicted octanol–water partition coefficient (Wildman–Crippen LogP) is 2.34. The SMILES string of the molecule is CC1CCCN(C(=O)N(C)Cc2csc(C#CCN)c2)C1. The van der Waals surface area contributed by atoms with Crippen LogP contribution in [-0.4, -0.2) is 42.5 Å². The minimum Gasteiger partial charge on any atom is -0.324 e. The molecule has 2 heterocycles. The smallest absolute Gasteiger partial charge is 0.320 e. The fourth-order valence-corrected chi connectivity index (χ4v) is 3.38. The summed E-state index contributed by atoms with van der Waals surface area (Å²) >= 11 is 1.60. The maximum Gasteiger partial charge on any atom is 0.320 e. The zero-order chi connectivity index (χ0) is 15.2. The summed E-state index contributed by atoms with van der Waals surface area (Å²) < 4.78 is 0. The first kappa shape index (κ1) is 15.9. The lowest BCUT2D eigenvalue weighted by atomic mass is 10.0. The Labute approximate surface area is 130 Å². The van der Waals surface area contributed by atoms with Gasteiger partial charge in [0.1, 0.15) is 0 Å². The van der Waals surface area contributed by atoms with Gasteiger partial charge in [-0.05, 0) is 35.8 Å². The van der Waals surface area contributed by atoms with E-state index in [0.29, 0.717) is 19.0 Å². The van der Waals surface area contributed by atoms with E-state index in [1.54, 1.807) is 16.2 Å². The largest absolute Gasteiger partial charge is 0.324 e. The molecule has 1 aliphatic rings. The van der Waals surface area contributed by atoms with Gasteiger partial charge in [0.2, 0.25) is 0 Å². The highest BCUT2D eigenvalue weighted by Gasteiger charge is 2.23. The zero-order valence-electron chi connectivity index (χ0n) is 12.8.